The number of thioether (sulfide) groups is 1. The van der Waals surface area contributed by atoms with Gasteiger partial charge in [-0.2, -0.15) is 0 Å². The Hall–Kier alpha value is -4.57. The second kappa shape index (κ2) is 15.1. The molecule has 0 saturated carbocycles. The molecule has 0 radical (unpaired) electrons. The summed E-state index contributed by atoms with van der Waals surface area (Å²) in [6.45, 7) is 3.72. The van der Waals surface area contributed by atoms with Gasteiger partial charge in [0, 0.05) is 43.0 Å². The quantitative estimate of drug-likeness (QED) is 0.0990. The summed E-state index contributed by atoms with van der Waals surface area (Å²) >= 11 is 10.9. The van der Waals surface area contributed by atoms with Crippen LogP contribution < -0.4 is 16.0 Å². The number of hydrogen-bond donors (Lipinski definition) is 3. The van der Waals surface area contributed by atoms with Crippen LogP contribution in [0.15, 0.2) is 129 Å². The number of benzene rings is 4. The maximum absolute atomic E-state index is 13.5. The van der Waals surface area contributed by atoms with E-state index < -0.39 is 17.1 Å². The highest BCUT2D eigenvalue weighted by Gasteiger charge is 2.18. The lowest BCUT2D eigenvalue weighted by atomic mass is 10.2. The van der Waals surface area contributed by atoms with Crippen molar-refractivity contribution in [3.8, 4) is 11.3 Å². The molecule has 1 aromatic heterocycles. The lowest BCUT2D eigenvalue weighted by molar-refractivity contribution is -0.115. The Labute approximate surface area is 284 Å². The third-order valence-corrected chi connectivity index (χ3v) is 8.70. The topological polar surface area (TPSA) is 100 Å². The number of nitrogens with one attached hydrogen (secondary N) is 3. The van der Waals surface area contributed by atoms with E-state index in [1.54, 1.807) is 60.7 Å². The molecule has 0 aliphatic heterocycles. The van der Waals surface area contributed by atoms with Crippen LogP contribution in [0.2, 0.25) is 5.02 Å². The van der Waals surface area contributed by atoms with Crippen molar-refractivity contribution in [2.75, 3.05) is 10.6 Å². The van der Waals surface area contributed by atoms with Crippen LogP contribution in [0.3, 0.4) is 0 Å². The highest BCUT2D eigenvalue weighted by molar-refractivity contribution is 9.10. The van der Waals surface area contributed by atoms with E-state index in [2.05, 4.69) is 31.9 Å². The molecule has 232 valence electrons. The van der Waals surface area contributed by atoms with Gasteiger partial charge in [-0.3, -0.25) is 14.4 Å². The molecule has 0 spiro atoms. The zero-order chi connectivity index (χ0) is 32.6. The van der Waals surface area contributed by atoms with Crippen molar-refractivity contribution < 1.29 is 18.8 Å². The molecule has 0 fully saturated rings. The first-order chi connectivity index (χ1) is 22.1. The molecule has 1 heterocycles. The van der Waals surface area contributed by atoms with Crippen molar-refractivity contribution in [2.24, 2.45) is 0 Å². The SMILES string of the molecule is Cc1ccc(Cl)cc1NC(=O)C(C)Sc1ccc(NC(=O)C(=Cc2ccc(-c3ccc(Br)cc3)o2)NC(=O)c2ccccc2)cc1. The molecule has 10 heteroatoms. The first kappa shape index (κ1) is 32.8. The summed E-state index contributed by atoms with van der Waals surface area (Å²) in [5, 5.41) is 8.65. The maximum Gasteiger partial charge on any atom is 0.272 e. The fourth-order valence-electron chi connectivity index (χ4n) is 4.32. The molecule has 3 amide bonds. The number of rotatable bonds is 10. The van der Waals surface area contributed by atoms with Crippen LogP contribution in [0.4, 0.5) is 11.4 Å². The van der Waals surface area contributed by atoms with Gasteiger partial charge in [0.15, 0.2) is 0 Å². The van der Waals surface area contributed by atoms with Crippen LogP contribution in [-0.2, 0) is 9.59 Å². The second-order valence-corrected chi connectivity index (χ2v) is 13.0. The minimum Gasteiger partial charge on any atom is -0.457 e. The third-order valence-electron chi connectivity index (χ3n) is 6.82. The summed E-state index contributed by atoms with van der Waals surface area (Å²) in [7, 11) is 0. The number of anilines is 2. The van der Waals surface area contributed by atoms with Crippen molar-refractivity contribution >= 4 is 74.5 Å². The monoisotopic (exact) mass is 713 g/mol. The average molecular weight is 715 g/mol. The predicted molar refractivity (Wildman–Crippen MR) is 189 cm³/mol. The molecule has 1 unspecified atom stereocenters. The Balaban J connectivity index is 1.28. The van der Waals surface area contributed by atoms with Crippen molar-refractivity contribution in [2.45, 2.75) is 24.0 Å². The summed E-state index contributed by atoms with van der Waals surface area (Å²) in [4.78, 5) is 40.1. The van der Waals surface area contributed by atoms with Gasteiger partial charge in [-0.15, -0.1) is 11.8 Å². The Morgan fingerprint density at radius 3 is 2.30 bits per heavy atom. The normalized spacial score (nSPS) is 11.9. The van der Waals surface area contributed by atoms with E-state index in [-0.39, 0.29) is 11.6 Å². The smallest absolute Gasteiger partial charge is 0.272 e. The van der Waals surface area contributed by atoms with Crippen LogP contribution in [-0.4, -0.2) is 23.0 Å². The number of carbonyl (C=O) groups excluding carboxylic acids is 3. The Kier molecular flexibility index (Phi) is 10.8. The van der Waals surface area contributed by atoms with E-state index in [0.717, 1.165) is 20.5 Å². The van der Waals surface area contributed by atoms with Crippen LogP contribution >= 0.6 is 39.3 Å². The molecular weight excluding hydrogens is 686 g/mol. The van der Waals surface area contributed by atoms with Gasteiger partial charge in [0.1, 0.15) is 17.2 Å². The van der Waals surface area contributed by atoms with Crippen molar-refractivity contribution in [3.05, 3.63) is 141 Å². The molecule has 0 bridgehead atoms. The second-order valence-electron chi connectivity index (χ2n) is 10.3. The van der Waals surface area contributed by atoms with Crippen LogP contribution in [0.5, 0.6) is 0 Å². The molecule has 4 aromatic carbocycles. The zero-order valence-corrected chi connectivity index (χ0v) is 28.0. The van der Waals surface area contributed by atoms with Gasteiger partial charge in [0.05, 0.1) is 5.25 Å². The molecule has 5 aromatic rings. The van der Waals surface area contributed by atoms with Crippen molar-refractivity contribution in [1.82, 2.24) is 5.32 Å². The summed E-state index contributed by atoms with van der Waals surface area (Å²) < 4.78 is 6.93. The fraction of sp³-hybridized carbons (Fsp3) is 0.0833. The van der Waals surface area contributed by atoms with Crippen molar-refractivity contribution in [3.63, 3.8) is 0 Å². The molecule has 46 heavy (non-hydrogen) atoms. The Bertz CT molecular complexity index is 1890. The van der Waals surface area contributed by atoms with E-state index in [1.165, 1.54) is 17.8 Å². The van der Waals surface area contributed by atoms with E-state index >= 15 is 0 Å². The van der Waals surface area contributed by atoms with Crippen LogP contribution in [0, 0.1) is 6.92 Å². The highest BCUT2D eigenvalue weighted by Crippen LogP contribution is 2.28. The Morgan fingerprint density at radius 1 is 0.870 bits per heavy atom. The van der Waals surface area contributed by atoms with Crippen LogP contribution in [0.1, 0.15) is 28.6 Å². The fourth-order valence-corrected chi connectivity index (χ4v) is 5.62. The summed E-state index contributed by atoms with van der Waals surface area (Å²) in [6.07, 6.45) is 1.49. The number of carbonyl (C=O) groups is 3. The number of hydrogen-bond acceptors (Lipinski definition) is 5. The number of amides is 3. The summed E-state index contributed by atoms with van der Waals surface area (Å²) in [6, 6.07) is 32.3. The predicted octanol–water partition coefficient (Wildman–Crippen LogP) is 9.20. The standard InChI is InChI=1S/C36H29BrClN3O4S/c1-22-8-13-27(38)20-31(22)40-34(42)23(2)46-30-17-14-28(15-18-30)39-36(44)32(41-35(43)25-6-4-3-5-7-25)21-29-16-19-33(45-29)24-9-11-26(37)12-10-24/h3-21,23H,1-2H3,(H,39,44)(H,40,42)(H,41,43). The van der Waals surface area contributed by atoms with Gasteiger partial charge in [0.25, 0.3) is 11.8 Å². The van der Waals surface area contributed by atoms with E-state index in [1.807, 2.05) is 62.4 Å². The molecule has 0 aliphatic carbocycles. The van der Waals surface area contributed by atoms with E-state index in [0.29, 0.717) is 33.5 Å². The minimum atomic E-state index is -0.532. The summed E-state index contributed by atoms with van der Waals surface area (Å²) in [5.74, 6) is -0.113. The molecule has 0 aliphatic rings. The Morgan fingerprint density at radius 2 is 1.59 bits per heavy atom. The minimum absolute atomic E-state index is 0.00520. The van der Waals surface area contributed by atoms with Crippen LogP contribution in [0.25, 0.3) is 17.4 Å². The number of halogens is 2. The van der Waals surface area contributed by atoms with Gasteiger partial charge in [0.2, 0.25) is 5.91 Å². The lowest BCUT2D eigenvalue weighted by Crippen LogP contribution is -2.30. The van der Waals surface area contributed by atoms with Gasteiger partial charge in [-0.25, -0.2) is 0 Å². The maximum atomic E-state index is 13.5. The molecule has 1 atom stereocenters. The summed E-state index contributed by atoms with van der Waals surface area (Å²) in [5.41, 5.74) is 3.38. The molecule has 0 saturated heterocycles. The first-order valence-corrected chi connectivity index (χ1v) is 16.3. The van der Waals surface area contributed by atoms with Gasteiger partial charge in [-0.05, 0) is 92.2 Å². The largest absolute Gasteiger partial charge is 0.457 e. The molecule has 5 rings (SSSR count). The van der Waals surface area contributed by atoms with E-state index in [4.69, 9.17) is 16.0 Å². The lowest BCUT2D eigenvalue weighted by Gasteiger charge is -2.14. The number of furan rings is 1. The highest BCUT2D eigenvalue weighted by atomic mass is 79.9. The molecular formula is C36H29BrClN3O4S. The van der Waals surface area contributed by atoms with Crippen molar-refractivity contribution in [1.29, 1.82) is 0 Å². The number of aryl methyl sites for hydroxylation is 1. The third kappa shape index (κ3) is 8.78. The molecule has 3 N–H and O–H groups in total. The van der Waals surface area contributed by atoms with Gasteiger partial charge < -0.3 is 20.4 Å². The molecule has 7 nitrogen and oxygen atoms in total. The first-order valence-electron chi connectivity index (χ1n) is 14.2. The van der Waals surface area contributed by atoms with Gasteiger partial charge >= 0.3 is 0 Å². The van der Waals surface area contributed by atoms with E-state index in [9.17, 15) is 14.4 Å². The zero-order valence-electron chi connectivity index (χ0n) is 24.8. The van der Waals surface area contributed by atoms with Gasteiger partial charge in [-0.1, -0.05) is 63.9 Å². The average Bonchev–Trinajstić information content (AvgIpc) is 3.52.